The number of carbonyl (C=O) groups is 1. The molecule has 1 aromatic carbocycles. The van der Waals surface area contributed by atoms with Crippen LogP contribution in [0.15, 0.2) is 23.1 Å². The Morgan fingerprint density at radius 1 is 1.00 bits per heavy atom. The molecule has 0 saturated carbocycles. The van der Waals surface area contributed by atoms with Crippen LogP contribution >= 0.6 is 0 Å². The van der Waals surface area contributed by atoms with E-state index in [-0.39, 0.29) is 10.8 Å². The van der Waals surface area contributed by atoms with Crippen molar-refractivity contribution in [2.45, 2.75) is 56.4 Å². The Morgan fingerprint density at radius 2 is 1.74 bits per heavy atom. The zero-order valence-electron chi connectivity index (χ0n) is 18.0. The third kappa shape index (κ3) is 5.42. The molecule has 0 spiro atoms. The molecular weight excluding hydrogens is 416 g/mol. The Labute approximate surface area is 183 Å². The molecule has 2 saturated heterocycles. The van der Waals surface area contributed by atoms with Crippen molar-refractivity contribution in [3.05, 3.63) is 18.2 Å². The van der Waals surface area contributed by atoms with Crippen LogP contribution in [0.3, 0.4) is 0 Å². The van der Waals surface area contributed by atoms with Crippen molar-refractivity contribution in [1.29, 1.82) is 0 Å². The fourth-order valence-electron chi connectivity index (χ4n) is 4.36. The number of nitrogens with one attached hydrogen (secondary N) is 1. The minimum Gasteiger partial charge on any atom is -0.356 e. The molecule has 4 rings (SSSR count). The number of aromatic nitrogens is 3. The molecule has 0 atom stereocenters. The van der Waals surface area contributed by atoms with Crippen molar-refractivity contribution in [3.8, 4) is 0 Å². The van der Waals surface area contributed by atoms with Gasteiger partial charge in [0.1, 0.15) is 5.52 Å². The van der Waals surface area contributed by atoms with E-state index in [0.717, 1.165) is 31.3 Å². The molecule has 3 heterocycles. The molecule has 0 bridgehead atoms. The first-order valence-electron chi connectivity index (χ1n) is 11.4. The largest absolute Gasteiger partial charge is 0.356 e. The zero-order chi connectivity index (χ0) is 21.7. The van der Waals surface area contributed by atoms with E-state index in [9.17, 15) is 13.2 Å². The summed E-state index contributed by atoms with van der Waals surface area (Å²) in [6, 6.07) is 4.92. The van der Waals surface area contributed by atoms with Gasteiger partial charge >= 0.3 is 0 Å². The molecule has 2 aliphatic rings. The summed E-state index contributed by atoms with van der Waals surface area (Å²) in [4.78, 5) is 14.9. The molecular formula is C21H32N6O3S. The molecule has 10 heteroatoms. The lowest BCUT2D eigenvalue weighted by molar-refractivity contribution is -0.121. The van der Waals surface area contributed by atoms with Crippen LogP contribution in [0.2, 0.25) is 0 Å². The SMILES string of the molecule is O=C(CCn1nnc2cc(S(=O)(=O)N3CCCC3)ccc21)NCCCN1CCCCC1. The van der Waals surface area contributed by atoms with Gasteiger partial charge in [0.15, 0.2) is 0 Å². The highest BCUT2D eigenvalue weighted by Crippen LogP contribution is 2.23. The molecule has 1 amide bonds. The first-order valence-corrected chi connectivity index (χ1v) is 12.8. The molecule has 170 valence electrons. The lowest BCUT2D eigenvalue weighted by Gasteiger charge is -2.26. The second-order valence-corrected chi connectivity index (χ2v) is 10.4. The van der Waals surface area contributed by atoms with Crippen molar-refractivity contribution in [2.24, 2.45) is 0 Å². The maximum absolute atomic E-state index is 12.7. The third-order valence-corrected chi connectivity index (χ3v) is 8.06. The van der Waals surface area contributed by atoms with Crippen LogP contribution < -0.4 is 5.32 Å². The van der Waals surface area contributed by atoms with Crippen molar-refractivity contribution < 1.29 is 13.2 Å². The quantitative estimate of drug-likeness (QED) is 0.585. The number of hydrogen-bond acceptors (Lipinski definition) is 6. The van der Waals surface area contributed by atoms with Gasteiger partial charge in [0.2, 0.25) is 15.9 Å². The third-order valence-electron chi connectivity index (χ3n) is 6.16. The molecule has 0 radical (unpaired) electrons. The van der Waals surface area contributed by atoms with E-state index in [4.69, 9.17) is 0 Å². The van der Waals surface area contributed by atoms with E-state index in [0.29, 0.717) is 38.1 Å². The van der Waals surface area contributed by atoms with Crippen molar-refractivity contribution in [3.63, 3.8) is 0 Å². The molecule has 0 unspecified atom stereocenters. The number of fused-ring (bicyclic) bond motifs is 1. The summed E-state index contributed by atoms with van der Waals surface area (Å²) in [5.41, 5.74) is 1.26. The number of hydrogen-bond donors (Lipinski definition) is 1. The number of aryl methyl sites for hydroxylation is 1. The highest BCUT2D eigenvalue weighted by atomic mass is 32.2. The Balaban J connectivity index is 1.27. The van der Waals surface area contributed by atoms with Gasteiger partial charge in [0, 0.05) is 26.1 Å². The fourth-order valence-corrected chi connectivity index (χ4v) is 5.90. The second-order valence-electron chi connectivity index (χ2n) is 8.43. The normalized spacial score (nSPS) is 18.6. The monoisotopic (exact) mass is 448 g/mol. The molecule has 2 aromatic rings. The van der Waals surface area contributed by atoms with Gasteiger partial charge in [-0.1, -0.05) is 11.6 Å². The smallest absolute Gasteiger partial charge is 0.243 e. The van der Waals surface area contributed by atoms with E-state index in [1.807, 2.05) is 0 Å². The second kappa shape index (κ2) is 10.1. The van der Waals surface area contributed by atoms with Gasteiger partial charge in [-0.3, -0.25) is 4.79 Å². The summed E-state index contributed by atoms with van der Waals surface area (Å²) in [7, 11) is -3.48. The summed E-state index contributed by atoms with van der Waals surface area (Å²) in [5, 5.41) is 11.2. The van der Waals surface area contributed by atoms with Gasteiger partial charge in [-0.2, -0.15) is 4.31 Å². The lowest BCUT2D eigenvalue weighted by atomic mass is 10.1. The number of sulfonamides is 1. The number of carbonyl (C=O) groups excluding carboxylic acids is 1. The Hall–Kier alpha value is -2.04. The van der Waals surface area contributed by atoms with Crippen LogP contribution in [0.25, 0.3) is 11.0 Å². The van der Waals surface area contributed by atoms with Crippen LogP contribution in [0.1, 0.15) is 44.9 Å². The molecule has 1 aromatic heterocycles. The number of benzene rings is 1. The number of rotatable bonds is 9. The van der Waals surface area contributed by atoms with Gasteiger partial charge in [0.25, 0.3) is 0 Å². The molecule has 1 N–H and O–H groups in total. The first kappa shape index (κ1) is 22.2. The highest BCUT2D eigenvalue weighted by molar-refractivity contribution is 7.89. The summed E-state index contributed by atoms with van der Waals surface area (Å²) in [5.74, 6) is -0.00414. The van der Waals surface area contributed by atoms with Crippen LogP contribution in [-0.2, 0) is 21.4 Å². The Kier molecular flexibility index (Phi) is 7.19. The molecule has 31 heavy (non-hydrogen) atoms. The Bertz CT molecular complexity index is 994. The average Bonchev–Trinajstić information content (AvgIpc) is 3.46. The summed E-state index contributed by atoms with van der Waals surface area (Å²) in [6.07, 6.45) is 6.98. The predicted molar refractivity (Wildman–Crippen MR) is 118 cm³/mol. The van der Waals surface area contributed by atoms with Crippen LogP contribution in [0.4, 0.5) is 0 Å². The van der Waals surface area contributed by atoms with Crippen molar-refractivity contribution >= 4 is 27.0 Å². The summed E-state index contributed by atoms with van der Waals surface area (Å²) >= 11 is 0. The van der Waals surface area contributed by atoms with Crippen LogP contribution in [-0.4, -0.2) is 77.8 Å². The van der Waals surface area contributed by atoms with Crippen molar-refractivity contribution in [1.82, 2.24) is 29.5 Å². The van der Waals surface area contributed by atoms with Crippen molar-refractivity contribution in [2.75, 3.05) is 39.3 Å². The summed E-state index contributed by atoms with van der Waals surface area (Å²) < 4.78 is 28.7. The Morgan fingerprint density at radius 3 is 2.52 bits per heavy atom. The molecule has 9 nitrogen and oxygen atoms in total. The van der Waals surface area contributed by atoms with Gasteiger partial charge in [0.05, 0.1) is 17.0 Å². The zero-order valence-corrected chi connectivity index (χ0v) is 18.8. The maximum atomic E-state index is 12.7. The van der Waals surface area contributed by atoms with Gasteiger partial charge in [-0.05, 0) is 69.9 Å². The van der Waals surface area contributed by atoms with E-state index in [2.05, 4.69) is 20.5 Å². The average molecular weight is 449 g/mol. The molecule has 2 aliphatic heterocycles. The minimum atomic E-state index is -3.48. The van der Waals surface area contributed by atoms with E-state index < -0.39 is 10.0 Å². The predicted octanol–water partition coefficient (Wildman–Crippen LogP) is 1.60. The van der Waals surface area contributed by atoms with Gasteiger partial charge in [-0.15, -0.1) is 5.10 Å². The van der Waals surface area contributed by atoms with E-state index in [1.165, 1.54) is 36.7 Å². The highest BCUT2D eigenvalue weighted by Gasteiger charge is 2.27. The number of amides is 1. The molecule has 2 fully saturated rings. The topological polar surface area (TPSA) is 100 Å². The minimum absolute atomic E-state index is 0.00414. The standard InChI is InChI=1S/C21H32N6O3S/c28-21(22-10-6-13-25-11-2-1-3-12-25)9-16-27-20-8-7-18(17-19(20)23-24-27)31(29,30)26-14-4-5-15-26/h7-8,17H,1-6,9-16H2,(H,22,28). The van der Waals surface area contributed by atoms with E-state index in [1.54, 1.807) is 22.9 Å². The number of nitrogens with zero attached hydrogens (tertiary/aromatic N) is 5. The first-order chi connectivity index (χ1) is 15.0. The number of likely N-dealkylation sites (tertiary alicyclic amines) is 1. The number of piperidine rings is 1. The van der Waals surface area contributed by atoms with Crippen LogP contribution in [0, 0.1) is 0 Å². The van der Waals surface area contributed by atoms with Gasteiger partial charge < -0.3 is 10.2 Å². The van der Waals surface area contributed by atoms with Crippen LogP contribution in [0.5, 0.6) is 0 Å². The van der Waals surface area contributed by atoms with Gasteiger partial charge in [-0.25, -0.2) is 13.1 Å². The molecule has 0 aliphatic carbocycles. The van der Waals surface area contributed by atoms with E-state index >= 15 is 0 Å². The lowest BCUT2D eigenvalue weighted by Crippen LogP contribution is -2.33. The fraction of sp³-hybridized carbons (Fsp3) is 0.667. The summed E-state index contributed by atoms with van der Waals surface area (Å²) in [6.45, 7) is 5.62. The maximum Gasteiger partial charge on any atom is 0.243 e.